The van der Waals surface area contributed by atoms with Gasteiger partial charge in [0.1, 0.15) is 5.92 Å². The Kier molecular flexibility index (Phi) is 3.68. The van der Waals surface area contributed by atoms with E-state index >= 15 is 0 Å². The Morgan fingerprint density at radius 3 is 2.48 bits per heavy atom. The van der Waals surface area contributed by atoms with E-state index in [1.54, 1.807) is 24.5 Å². The number of hydrogen-bond acceptors (Lipinski definition) is 4. The topological polar surface area (TPSA) is 79.4 Å². The number of hydrogen-bond donors (Lipinski definition) is 1. The van der Waals surface area contributed by atoms with Crippen LogP contribution in [0.5, 0.6) is 0 Å². The molecule has 6 heteroatoms. The third-order valence-corrected chi connectivity index (χ3v) is 4.25. The molecule has 2 aliphatic rings. The predicted molar refractivity (Wildman–Crippen MR) is 73.8 cm³/mol. The van der Waals surface area contributed by atoms with Crippen LogP contribution in [0, 0.1) is 11.8 Å². The number of pyridine rings is 1. The van der Waals surface area contributed by atoms with Crippen molar-refractivity contribution in [2.45, 2.75) is 32.2 Å². The molecule has 1 aliphatic carbocycles. The second-order valence-corrected chi connectivity index (χ2v) is 5.60. The smallest absolute Gasteiger partial charge is 0.277 e. The molecule has 0 spiro atoms. The summed E-state index contributed by atoms with van der Waals surface area (Å²) >= 11 is 0. The first kappa shape index (κ1) is 13.7. The van der Waals surface area contributed by atoms with Gasteiger partial charge in [-0.2, -0.15) is 0 Å². The molecule has 4 amide bonds. The first-order valence-corrected chi connectivity index (χ1v) is 7.22. The van der Waals surface area contributed by atoms with Gasteiger partial charge in [-0.15, -0.1) is 0 Å². The molecule has 0 aromatic carbocycles. The summed E-state index contributed by atoms with van der Waals surface area (Å²) in [6, 6.07) is 2.87. The first-order valence-electron chi connectivity index (χ1n) is 7.22. The van der Waals surface area contributed by atoms with Crippen molar-refractivity contribution < 1.29 is 14.4 Å². The highest BCUT2D eigenvalue weighted by Crippen LogP contribution is 2.34. The third-order valence-electron chi connectivity index (χ3n) is 4.25. The molecule has 1 saturated carbocycles. The van der Waals surface area contributed by atoms with E-state index in [-0.39, 0.29) is 18.4 Å². The molecule has 3 rings (SSSR count). The molecule has 0 radical (unpaired) electrons. The average Bonchev–Trinajstić information content (AvgIpc) is 2.98. The largest absolute Gasteiger partial charge is 0.331 e. The quantitative estimate of drug-likeness (QED) is 0.854. The van der Waals surface area contributed by atoms with Gasteiger partial charge in [0.25, 0.3) is 0 Å². The van der Waals surface area contributed by atoms with E-state index in [9.17, 15) is 14.4 Å². The number of imide groups is 2. The molecule has 2 heterocycles. The predicted octanol–water partition coefficient (Wildman–Crippen LogP) is 1.47. The van der Waals surface area contributed by atoms with Crippen molar-refractivity contribution in [3.8, 4) is 0 Å². The lowest BCUT2D eigenvalue weighted by Crippen LogP contribution is -2.59. The number of aromatic nitrogens is 1. The molecule has 21 heavy (non-hydrogen) atoms. The molecular weight excluding hydrogens is 270 g/mol. The van der Waals surface area contributed by atoms with Gasteiger partial charge >= 0.3 is 6.03 Å². The zero-order valence-electron chi connectivity index (χ0n) is 11.6. The van der Waals surface area contributed by atoms with Crippen molar-refractivity contribution in [2.24, 2.45) is 11.8 Å². The van der Waals surface area contributed by atoms with Gasteiger partial charge in [-0.3, -0.25) is 24.8 Å². The van der Waals surface area contributed by atoms with Crippen molar-refractivity contribution in [1.82, 2.24) is 15.2 Å². The van der Waals surface area contributed by atoms with Crippen LogP contribution in [-0.2, 0) is 16.1 Å². The molecule has 0 bridgehead atoms. The third kappa shape index (κ3) is 2.66. The van der Waals surface area contributed by atoms with Crippen molar-refractivity contribution in [3.63, 3.8) is 0 Å². The van der Waals surface area contributed by atoms with Crippen molar-refractivity contribution in [2.75, 3.05) is 0 Å². The SMILES string of the molecule is O=C1NC(=O)N(Cc2ccncc2)C(=O)C1C1CCCC1. The maximum absolute atomic E-state index is 12.6. The monoisotopic (exact) mass is 287 g/mol. The highest BCUT2D eigenvalue weighted by Gasteiger charge is 2.45. The molecule has 1 aliphatic heterocycles. The molecule has 1 N–H and O–H groups in total. The van der Waals surface area contributed by atoms with Crippen molar-refractivity contribution in [1.29, 1.82) is 0 Å². The number of nitrogens with zero attached hydrogens (tertiary/aromatic N) is 2. The van der Waals surface area contributed by atoms with Crippen LogP contribution in [0.4, 0.5) is 4.79 Å². The Bertz CT molecular complexity index is 567. The van der Waals surface area contributed by atoms with E-state index in [0.717, 1.165) is 36.1 Å². The lowest BCUT2D eigenvalue weighted by molar-refractivity contribution is -0.145. The molecule has 1 atom stereocenters. The summed E-state index contributed by atoms with van der Waals surface area (Å²) in [5.74, 6) is -1.46. The maximum Gasteiger partial charge on any atom is 0.331 e. The van der Waals surface area contributed by atoms with Gasteiger partial charge in [0.05, 0.1) is 6.54 Å². The Hall–Kier alpha value is -2.24. The fourth-order valence-corrected chi connectivity index (χ4v) is 3.16. The summed E-state index contributed by atoms with van der Waals surface area (Å²) in [5, 5.41) is 2.32. The second-order valence-electron chi connectivity index (χ2n) is 5.60. The average molecular weight is 287 g/mol. The minimum atomic E-state index is -0.716. The van der Waals surface area contributed by atoms with Crippen LogP contribution in [0.2, 0.25) is 0 Å². The molecule has 1 saturated heterocycles. The Morgan fingerprint density at radius 2 is 1.81 bits per heavy atom. The lowest BCUT2D eigenvalue weighted by atomic mass is 9.87. The van der Waals surface area contributed by atoms with E-state index in [0.29, 0.717) is 0 Å². The van der Waals surface area contributed by atoms with Crippen LogP contribution in [0.1, 0.15) is 31.2 Å². The summed E-state index contributed by atoms with van der Waals surface area (Å²) in [5.41, 5.74) is 0.813. The summed E-state index contributed by atoms with van der Waals surface area (Å²) in [7, 11) is 0. The van der Waals surface area contributed by atoms with Gasteiger partial charge in [0.2, 0.25) is 11.8 Å². The van der Waals surface area contributed by atoms with E-state index in [1.165, 1.54) is 0 Å². The summed E-state index contributed by atoms with van der Waals surface area (Å²) in [6.45, 7) is 0.170. The van der Waals surface area contributed by atoms with Gasteiger partial charge in [0, 0.05) is 12.4 Å². The Morgan fingerprint density at radius 1 is 1.14 bits per heavy atom. The fourth-order valence-electron chi connectivity index (χ4n) is 3.16. The molecular formula is C15H17N3O3. The van der Waals surface area contributed by atoms with Gasteiger partial charge in [-0.05, 0) is 36.5 Å². The van der Waals surface area contributed by atoms with Crippen LogP contribution in [0.3, 0.4) is 0 Å². The summed E-state index contributed by atoms with van der Waals surface area (Å²) in [4.78, 5) is 41.6. The Labute approximate surface area is 122 Å². The lowest BCUT2D eigenvalue weighted by Gasteiger charge is -2.32. The summed E-state index contributed by atoms with van der Waals surface area (Å²) in [6.07, 6.45) is 7.06. The zero-order valence-corrected chi connectivity index (χ0v) is 11.6. The first-order chi connectivity index (χ1) is 10.2. The highest BCUT2D eigenvalue weighted by atomic mass is 16.2. The maximum atomic E-state index is 12.6. The van der Waals surface area contributed by atoms with Crippen LogP contribution in [-0.4, -0.2) is 27.7 Å². The Balaban J connectivity index is 1.80. The van der Waals surface area contributed by atoms with Gasteiger partial charge in [-0.25, -0.2) is 4.79 Å². The van der Waals surface area contributed by atoms with E-state index < -0.39 is 17.9 Å². The minimum Gasteiger partial charge on any atom is -0.277 e. The standard InChI is InChI=1S/C15H17N3O3/c19-13-12(11-3-1-2-4-11)14(20)18(15(21)17-13)9-10-5-7-16-8-6-10/h5-8,11-12H,1-4,9H2,(H,17,19,21). The molecule has 1 aromatic heterocycles. The van der Waals surface area contributed by atoms with Crippen LogP contribution < -0.4 is 5.32 Å². The number of nitrogens with one attached hydrogen (secondary N) is 1. The number of amides is 4. The minimum absolute atomic E-state index is 0.0607. The van der Waals surface area contributed by atoms with Gasteiger partial charge in [-0.1, -0.05) is 12.8 Å². The molecule has 1 unspecified atom stereocenters. The van der Waals surface area contributed by atoms with Crippen molar-refractivity contribution >= 4 is 17.8 Å². The van der Waals surface area contributed by atoms with Gasteiger partial charge in [0.15, 0.2) is 0 Å². The molecule has 2 fully saturated rings. The fraction of sp³-hybridized carbons (Fsp3) is 0.467. The second kappa shape index (κ2) is 5.63. The van der Waals surface area contributed by atoms with E-state index in [1.807, 2.05) is 0 Å². The van der Waals surface area contributed by atoms with E-state index in [4.69, 9.17) is 0 Å². The molecule has 6 nitrogen and oxygen atoms in total. The van der Waals surface area contributed by atoms with Gasteiger partial charge < -0.3 is 0 Å². The molecule has 1 aromatic rings. The number of rotatable bonds is 3. The van der Waals surface area contributed by atoms with Crippen molar-refractivity contribution in [3.05, 3.63) is 30.1 Å². The molecule has 110 valence electrons. The van der Waals surface area contributed by atoms with Crippen LogP contribution in [0.25, 0.3) is 0 Å². The normalized spacial score (nSPS) is 23.5. The van der Waals surface area contributed by atoms with Crippen LogP contribution in [0.15, 0.2) is 24.5 Å². The number of carbonyl (C=O) groups excluding carboxylic acids is 3. The number of carbonyl (C=O) groups is 3. The number of urea groups is 1. The zero-order chi connectivity index (χ0) is 14.8. The highest BCUT2D eigenvalue weighted by molar-refractivity contribution is 6.16. The number of barbiturate groups is 1. The van der Waals surface area contributed by atoms with Crippen LogP contribution >= 0.6 is 0 Å². The van der Waals surface area contributed by atoms with E-state index in [2.05, 4.69) is 10.3 Å². The summed E-state index contributed by atoms with van der Waals surface area (Å²) < 4.78 is 0.